The van der Waals surface area contributed by atoms with Crippen molar-refractivity contribution in [2.75, 3.05) is 79.3 Å². The van der Waals surface area contributed by atoms with Gasteiger partial charge in [-0.2, -0.15) is 0 Å². The molecule has 1 aliphatic heterocycles. The molecule has 0 saturated heterocycles. The van der Waals surface area contributed by atoms with Crippen LogP contribution in [0.1, 0.15) is 264 Å². The molecule has 3 aromatic rings. The first-order chi connectivity index (χ1) is 64.8. The lowest BCUT2D eigenvalue weighted by Crippen LogP contribution is -2.35. The summed E-state index contributed by atoms with van der Waals surface area (Å²) in [6, 6.07) is 9.92. The Morgan fingerprint density at radius 2 is 0.604 bits per heavy atom. The van der Waals surface area contributed by atoms with Crippen LogP contribution in [0.15, 0.2) is 128 Å². The molecule has 0 amide bonds. The number of carboxylic acid groups (broad SMARTS) is 4. The third kappa shape index (κ3) is 47.2. The minimum Gasteiger partial charge on any atom is -0.478 e. The molecule has 1 aliphatic rings. The fourth-order valence-electron chi connectivity index (χ4n) is 11.2. The number of cyclic esters (lactones) is 2. The molecule has 3 aromatic carbocycles. The first-order valence-corrected chi connectivity index (χ1v) is 43.2. The van der Waals surface area contributed by atoms with Gasteiger partial charge in [-0.3, -0.25) is 33.6 Å². The average molecular weight is 1980 g/mol. The molecule has 1 heterocycles. The number of aromatic carboxylic acids is 4. The number of unbranched alkanes of at least 4 members (excludes halogenated alkanes) is 8. The Balaban J connectivity index is 0.00000129. The summed E-state index contributed by atoms with van der Waals surface area (Å²) in [6.45, 7) is 28.6. The summed E-state index contributed by atoms with van der Waals surface area (Å²) in [7, 11) is 0. The Hall–Kier alpha value is -14.5. The highest BCUT2D eigenvalue weighted by Gasteiger charge is 2.37. The van der Waals surface area contributed by atoms with Gasteiger partial charge >= 0.3 is 119 Å². The van der Waals surface area contributed by atoms with Crippen LogP contribution in [0.5, 0.6) is 0 Å². The number of hydrogen-bond donors (Lipinski definition) is 6. The molecule has 139 heavy (non-hydrogen) atoms. The molecule has 0 aromatic heterocycles. The molecule has 4 rings (SSSR count). The van der Waals surface area contributed by atoms with E-state index in [1.165, 1.54) is 73.6 Å². The Morgan fingerprint density at radius 3 is 0.878 bits per heavy atom. The van der Waals surface area contributed by atoms with Crippen LogP contribution in [-0.4, -0.2) is 264 Å². The number of aliphatic hydroxyl groups excluding tert-OH is 2. The van der Waals surface area contributed by atoms with Crippen molar-refractivity contribution < 1.29 is 208 Å². The van der Waals surface area contributed by atoms with Crippen LogP contribution in [0.25, 0.3) is 0 Å². The Bertz CT molecular complexity index is 5000. The van der Waals surface area contributed by atoms with E-state index in [4.69, 9.17) is 93.2 Å². The topological polar surface area (TPSA) is 650 Å². The summed E-state index contributed by atoms with van der Waals surface area (Å²) in [5, 5.41) is 54.0. The van der Waals surface area contributed by atoms with Crippen molar-refractivity contribution in [1.29, 1.82) is 0 Å². The number of carbonyl (C=O) groups is 21. The minimum absolute atomic E-state index is 0. The van der Waals surface area contributed by atoms with Gasteiger partial charge in [-0.1, -0.05) is 52.3 Å². The number of aliphatic hydroxyl groups is 2. The van der Waals surface area contributed by atoms with E-state index < -0.39 is 235 Å². The van der Waals surface area contributed by atoms with E-state index in [1.807, 2.05) is 0 Å². The van der Waals surface area contributed by atoms with E-state index in [1.54, 1.807) is 0 Å². The second-order valence-electron chi connectivity index (χ2n) is 32.1. The highest BCUT2D eigenvalue weighted by atomic mass is 35.5. The molecular formula is C95H117ClO43. The smallest absolute Gasteiger partial charge is 0.346 e. The third-order valence-electron chi connectivity index (χ3n) is 18.7. The van der Waals surface area contributed by atoms with Crippen molar-refractivity contribution in [2.24, 2.45) is 10.8 Å². The lowest BCUT2D eigenvalue weighted by Gasteiger charge is -2.25. The van der Waals surface area contributed by atoms with Gasteiger partial charge in [0.1, 0.15) is 52.9 Å². The summed E-state index contributed by atoms with van der Waals surface area (Å²) in [5.41, 5.74) is -4.92. The van der Waals surface area contributed by atoms with E-state index in [9.17, 15) is 116 Å². The lowest BCUT2D eigenvalue weighted by atomic mass is 9.86. The van der Waals surface area contributed by atoms with Gasteiger partial charge in [-0.05, 0) is 199 Å². The summed E-state index contributed by atoms with van der Waals surface area (Å²) in [6.07, 6.45) is -0.652. The monoisotopic (exact) mass is 1980 g/mol. The quantitative estimate of drug-likeness (QED) is 0.00764. The van der Waals surface area contributed by atoms with Crippen molar-refractivity contribution in [3.63, 3.8) is 0 Å². The standard InChI is InChI=1S/C52H60O24.C34H52O14.C9H3ClO4.H2O/c1-29(2)46(63)71-25-34(75-40(53)14-10-8-12-20-69-49(66)32-16-18-36(42(55)56)38(22-32)44(59)60)27-73-48(65)31(5)24-52(6,7)51(68)74-28-35(26-72-47(64)30(3)4)76-41(54)15-11-9-13-21-70-50(67)33-17-19-37(43(57)58)39(23-33)45(61)62;1-23(2)30(39)43-19-26(47-28(37)14-10-8-12-16-35)21-45-32(41)25(5)18-34(6,7)33(42)46-22-27(20-44-31(40)24(3)4)48-29(38)15-11-9-13-17-36;10-7(11)4-1-2-5-6(3-4)9(13)14-8(5)12;/h16-19,22-23,34-35H,1,3,5,8-15,20-21,24-28H2,2,4,6-7H3,(H,55,56)(H,57,58)(H,59,60)(H,61,62);26-27,35-36H,1,3,5,8-22H2,2,4,6-7H3;1-3H;1H2. The molecule has 44 heteroatoms. The second kappa shape index (κ2) is 63.0. The fourth-order valence-corrected chi connectivity index (χ4v) is 11.3. The van der Waals surface area contributed by atoms with Crippen molar-refractivity contribution in [3.8, 4) is 0 Å². The summed E-state index contributed by atoms with van der Waals surface area (Å²) in [5.74, 6) is -18.7. The van der Waals surface area contributed by atoms with E-state index in [0.717, 1.165) is 36.4 Å². The number of carboxylic acids is 4. The molecule has 0 fully saturated rings. The van der Waals surface area contributed by atoms with Gasteiger partial charge < -0.3 is 107 Å². The van der Waals surface area contributed by atoms with Crippen LogP contribution in [0.3, 0.4) is 0 Å². The SMILES string of the molecule is C=C(C)C(=O)OCC(COC(=O)C(=C)CC(C)(C)C(=O)OCC(COC(=O)C(=C)C)OC(=O)CCCCCO)OC(=O)CCCCCO.C=C(C)C(=O)OCC(COC(=O)C(=C)CC(C)(C)C(=O)OCC(COC(=O)C(=C)C)OC(=O)CCCCCOC(=O)c1ccc(C(=O)O)c(C(=O)O)c1)OC(=O)CCCCCOC(=O)c1ccc(C(=O)O)c(C(=O)O)c1.O.O=C(Cl)c1ccc2c(c1)C(=O)OC2=O. The summed E-state index contributed by atoms with van der Waals surface area (Å²) >= 11 is 5.21. The first-order valence-electron chi connectivity index (χ1n) is 42.8. The zero-order chi connectivity index (χ0) is 104. The van der Waals surface area contributed by atoms with Crippen molar-refractivity contribution in [3.05, 3.63) is 178 Å². The largest absolute Gasteiger partial charge is 0.478 e. The average Bonchev–Trinajstić information content (AvgIpc) is 1.69. The van der Waals surface area contributed by atoms with E-state index >= 15 is 0 Å². The van der Waals surface area contributed by atoms with Crippen LogP contribution in [-0.2, 0) is 129 Å². The molecule has 0 spiro atoms. The minimum atomic E-state index is -1.55. The Morgan fingerprint density at radius 1 is 0.338 bits per heavy atom. The summed E-state index contributed by atoms with van der Waals surface area (Å²) < 4.78 is 77.8. The van der Waals surface area contributed by atoms with E-state index in [0.29, 0.717) is 51.4 Å². The number of rotatable bonds is 61. The maximum Gasteiger partial charge on any atom is 0.346 e. The number of hydrogen-bond acceptors (Lipinski definition) is 38. The van der Waals surface area contributed by atoms with Crippen LogP contribution in [0.4, 0.5) is 0 Å². The van der Waals surface area contributed by atoms with Crippen LogP contribution in [0, 0.1) is 10.8 Å². The molecule has 4 unspecified atom stereocenters. The molecule has 762 valence electrons. The number of fused-ring (bicyclic) bond motifs is 1. The first kappa shape index (κ1) is 123. The molecule has 0 saturated carbocycles. The van der Waals surface area contributed by atoms with Crippen molar-refractivity contribution >= 4 is 136 Å². The highest BCUT2D eigenvalue weighted by molar-refractivity contribution is 6.67. The Kier molecular flexibility index (Phi) is 55.6. The maximum absolute atomic E-state index is 13.3. The zero-order valence-corrected chi connectivity index (χ0v) is 79.0. The molecule has 43 nitrogen and oxygen atoms in total. The van der Waals surface area contributed by atoms with Gasteiger partial charge in [0.25, 0.3) is 5.24 Å². The van der Waals surface area contributed by atoms with Gasteiger partial charge in [0.05, 0.1) is 68.6 Å². The van der Waals surface area contributed by atoms with Gasteiger partial charge in [-0.25, -0.2) is 67.1 Å². The normalized spacial score (nSPS) is 11.9. The predicted octanol–water partition coefficient (Wildman–Crippen LogP) is 9.50. The van der Waals surface area contributed by atoms with Crippen LogP contribution in [0.2, 0.25) is 0 Å². The molecule has 0 bridgehead atoms. The number of benzene rings is 3. The van der Waals surface area contributed by atoms with Crippen molar-refractivity contribution in [2.45, 2.75) is 195 Å². The fraction of sp³-hybridized carbons (Fsp3) is 0.463. The number of esters is 16. The van der Waals surface area contributed by atoms with E-state index in [-0.39, 0.29) is 157 Å². The number of ether oxygens (including phenoxy) is 15. The highest BCUT2D eigenvalue weighted by Crippen LogP contribution is 2.30. The molecule has 0 aliphatic carbocycles. The lowest BCUT2D eigenvalue weighted by molar-refractivity contribution is -0.170. The third-order valence-corrected chi connectivity index (χ3v) is 18.9. The maximum atomic E-state index is 13.3. The second-order valence-corrected chi connectivity index (χ2v) is 32.4. The van der Waals surface area contributed by atoms with Crippen molar-refractivity contribution in [1.82, 2.24) is 0 Å². The zero-order valence-electron chi connectivity index (χ0n) is 78.2. The van der Waals surface area contributed by atoms with E-state index in [2.05, 4.69) is 44.2 Å². The molecule has 4 atom stereocenters. The number of carbonyl (C=O) groups excluding carboxylic acids is 17. The van der Waals surface area contributed by atoms with Gasteiger partial charge in [-0.15, -0.1) is 0 Å². The molecular weight excluding hydrogens is 1860 g/mol. The van der Waals surface area contributed by atoms with Crippen LogP contribution >= 0.6 is 11.6 Å². The van der Waals surface area contributed by atoms with Crippen LogP contribution < -0.4 is 0 Å². The Labute approximate surface area is 803 Å². The molecule has 8 N–H and O–H groups in total. The molecule has 0 radical (unpaired) electrons. The van der Waals surface area contributed by atoms with Gasteiger partial charge in [0, 0.05) is 77.9 Å². The van der Waals surface area contributed by atoms with Gasteiger partial charge in [0.2, 0.25) is 0 Å². The summed E-state index contributed by atoms with van der Waals surface area (Å²) in [4.78, 5) is 253. The number of halogens is 1. The predicted molar refractivity (Wildman–Crippen MR) is 481 cm³/mol. The van der Waals surface area contributed by atoms with Gasteiger partial charge in [0.15, 0.2) is 24.4 Å².